The molecule has 0 heterocycles. The van der Waals surface area contributed by atoms with Crippen LogP contribution in [0.3, 0.4) is 0 Å². The van der Waals surface area contributed by atoms with Crippen LogP contribution < -0.4 is 4.74 Å². The molecule has 0 N–H and O–H groups in total. The van der Waals surface area contributed by atoms with E-state index in [2.05, 4.69) is 20.7 Å². The summed E-state index contributed by atoms with van der Waals surface area (Å²) in [5.74, 6) is -1.27. The normalized spacial score (nSPS) is 11.3. The van der Waals surface area contributed by atoms with Crippen molar-refractivity contribution >= 4 is 33.3 Å². The topological polar surface area (TPSA) is 26.3 Å². The number of alkyl halides is 4. The highest BCUT2D eigenvalue weighted by Gasteiger charge is 2.32. The number of hydrogen-bond acceptors (Lipinski definition) is 2. The zero-order chi connectivity index (χ0) is 12.3. The van der Waals surface area contributed by atoms with Crippen LogP contribution in [0.1, 0.15) is 10.4 Å². The van der Waals surface area contributed by atoms with Crippen molar-refractivity contribution in [2.45, 2.75) is 6.36 Å². The molecule has 7 heteroatoms. The molecule has 0 bridgehead atoms. The van der Waals surface area contributed by atoms with E-state index in [4.69, 9.17) is 11.6 Å². The molecule has 0 amide bonds. The van der Waals surface area contributed by atoms with E-state index in [1.807, 2.05) is 0 Å². The second kappa shape index (κ2) is 5.05. The first-order chi connectivity index (χ1) is 7.35. The number of Topliss-reactive ketones (excluding diaryl/α,β-unsaturated/α-hetero) is 1. The number of hydrogen-bond donors (Lipinski definition) is 0. The Labute approximate surface area is 102 Å². The van der Waals surface area contributed by atoms with Crippen LogP contribution in [0.5, 0.6) is 5.75 Å². The van der Waals surface area contributed by atoms with Gasteiger partial charge in [-0.3, -0.25) is 4.79 Å². The smallest absolute Gasteiger partial charge is 0.405 e. The summed E-state index contributed by atoms with van der Waals surface area (Å²) in [6.07, 6.45) is -4.80. The van der Waals surface area contributed by atoms with E-state index >= 15 is 0 Å². The summed E-state index contributed by atoms with van der Waals surface area (Å²) >= 11 is 8.18. The first-order valence-corrected chi connectivity index (χ1v) is 5.31. The maximum absolute atomic E-state index is 12.0. The molecule has 0 saturated heterocycles. The quantitative estimate of drug-likeness (QED) is 0.626. The van der Waals surface area contributed by atoms with Gasteiger partial charge in [0.1, 0.15) is 5.75 Å². The molecule has 0 atom stereocenters. The number of halogens is 5. The molecule has 2 nitrogen and oxygen atoms in total. The third kappa shape index (κ3) is 3.38. The van der Waals surface area contributed by atoms with Gasteiger partial charge in [-0.15, -0.1) is 24.8 Å². The molecule has 0 radical (unpaired) electrons. The van der Waals surface area contributed by atoms with Crippen molar-refractivity contribution in [3.63, 3.8) is 0 Å². The van der Waals surface area contributed by atoms with Gasteiger partial charge >= 0.3 is 6.36 Å². The van der Waals surface area contributed by atoms with Gasteiger partial charge in [0, 0.05) is 5.56 Å². The van der Waals surface area contributed by atoms with Gasteiger partial charge < -0.3 is 4.74 Å². The van der Waals surface area contributed by atoms with Crippen LogP contribution in [0.4, 0.5) is 13.2 Å². The molecule has 1 aromatic carbocycles. The molecule has 0 aromatic heterocycles. The van der Waals surface area contributed by atoms with Crippen LogP contribution >= 0.6 is 27.5 Å². The Balaban J connectivity index is 3.09. The van der Waals surface area contributed by atoms with Crippen LogP contribution in [-0.4, -0.2) is 18.0 Å². The number of benzene rings is 1. The second-order valence-electron chi connectivity index (χ2n) is 2.72. The summed E-state index contributed by atoms with van der Waals surface area (Å²) in [5.41, 5.74) is 0.0525. The van der Waals surface area contributed by atoms with Crippen molar-refractivity contribution < 1.29 is 22.7 Å². The molecule has 0 aliphatic rings. The van der Waals surface area contributed by atoms with Gasteiger partial charge in [0.2, 0.25) is 0 Å². The van der Waals surface area contributed by atoms with Crippen LogP contribution in [0.15, 0.2) is 22.7 Å². The predicted octanol–water partition coefficient (Wildman–Crippen LogP) is 3.77. The van der Waals surface area contributed by atoms with Gasteiger partial charge in [-0.05, 0) is 28.1 Å². The zero-order valence-electron chi connectivity index (χ0n) is 7.65. The lowest BCUT2D eigenvalue weighted by atomic mass is 10.1. The molecule has 0 saturated carbocycles. The summed E-state index contributed by atoms with van der Waals surface area (Å²) in [4.78, 5) is 11.3. The molecule has 0 unspecified atom stereocenters. The minimum atomic E-state index is -4.80. The van der Waals surface area contributed by atoms with E-state index in [1.54, 1.807) is 0 Å². The summed E-state index contributed by atoms with van der Waals surface area (Å²) in [6.45, 7) is 0. The lowest BCUT2D eigenvalue weighted by Gasteiger charge is -2.12. The summed E-state index contributed by atoms with van der Waals surface area (Å²) in [6, 6.07) is 3.74. The van der Waals surface area contributed by atoms with Crippen LogP contribution in [0.2, 0.25) is 0 Å². The van der Waals surface area contributed by atoms with Crippen LogP contribution in [0.25, 0.3) is 0 Å². The minimum Gasteiger partial charge on any atom is -0.405 e. The molecular formula is C9H5BrClF3O2. The third-order valence-corrected chi connectivity index (χ3v) is 2.67. The molecule has 0 fully saturated rings. The zero-order valence-corrected chi connectivity index (χ0v) is 9.99. The highest BCUT2D eigenvalue weighted by molar-refractivity contribution is 9.10. The Hall–Kier alpha value is -0.750. The number of rotatable bonds is 3. The highest BCUT2D eigenvalue weighted by atomic mass is 79.9. The van der Waals surface area contributed by atoms with E-state index in [1.165, 1.54) is 12.1 Å². The molecule has 0 spiro atoms. The van der Waals surface area contributed by atoms with Gasteiger partial charge in [0.05, 0.1) is 10.4 Å². The van der Waals surface area contributed by atoms with Gasteiger partial charge in [0.15, 0.2) is 5.78 Å². The van der Waals surface area contributed by atoms with Crippen molar-refractivity contribution in [2.24, 2.45) is 0 Å². The Kier molecular flexibility index (Phi) is 4.21. The SMILES string of the molecule is O=C(CCl)c1cccc(OC(F)(F)F)c1Br. The molecule has 0 aliphatic carbocycles. The van der Waals surface area contributed by atoms with Crippen molar-refractivity contribution in [3.05, 3.63) is 28.2 Å². The first-order valence-electron chi connectivity index (χ1n) is 3.98. The second-order valence-corrected chi connectivity index (χ2v) is 3.78. The minimum absolute atomic E-state index is 0.0525. The van der Waals surface area contributed by atoms with Crippen molar-refractivity contribution in [3.8, 4) is 5.75 Å². The fraction of sp³-hybridized carbons (Fsp3) is 0.222. The molecule has 0 aliphatic heterocycles. The number of carbonyl (C=O) groups excluding carboxylic acids is 1. The van der Waals surface area contributed by atoms with E-state index in [-0.39, 0.29) is 15.9 Å². The third-order valence-electron chi connectivity index (χ3n) is 1.61. The summed E-state index contributed by atoms with van der Waals surface area (Å²) < 4.78 is 39.6. The number of carbonyl (C=O) groups is 1. The summed E-state index contributed by atoms with van der Waals surface area (Å²) in [7, 11) is 0. The predicted molar refractivity (Wildman–Crippen MR) is 55.9 cm³/mol. The summed E-state index contributed by atoms with van der Waals surface area (Å²) in [5, 5.41) is 0. The maximum atomic E-state index is 12.0. The fourth-order valence-electron chi connectivity index (χ4n) is 1.00. The van der Waals surface area contributed by atoms with Crippen molar-refractivity contribution in [2.75, 3.05) is 5.88 Å². The largest absolute Gasteiger partial charge is 0.573 e. The standard InChI is InChI=1S/C9H5BrClF3O2/c10-8-5(6(15)4-11)2-1-3-7(8)16-9(12,13)14/h1-3H,4H2. The highest BCUT2D eigenvalue weighted by Crippen LogP contribution is 2.33. The Bertz CT molecular complexity index is 406. The fourth-order valence-corrected chi connectivity index (χ4v) is 1.71. The average Bonchev–Trinajstić information content (AvgIpc) is 2.18. The number of ether oxygens (including phenoxy) is 1. The molecule has 1 rings (SSSR count). The first kappa shape index (κ1) is 13.3. The Morgan fingerprint density at radius 1 is 1.44 bits per heavy atom. The lowest BCUT2D eigenvalue weighted by Crippen LogP contribution is -2.18. The number of ketones is 1. The van der Waals surface area contributed by atoms with Gasteiger partial charge in [-0.2, -0.15) is 0 Å². The van der Waals surface area contributed by atoms with Crippen LogP contribution in [-0.2, 0) is 0 Å². The molecule has 1 aromatic rings. The van der Waals surface area contributed by atoms with Crippen molar-refractivity contribution in [1.82, 2.24) is 0 Å². The van der Waals surface area contributed by atoms with E-state index in [0.29, 0.717) is 0 Å². The van der Waals surface area contributed by atoms with Gasteiger partial charge in [0.25, 0.3) is 0 Å². The molecule has 88 valence electrons. The maximum Gasteiger partial charge on any atom is 0.573 e. The molecular weight excluding hydrogens is 312 g/mol. The Morgan fingerprint density at radius 3 is 2.56 bits per heavy atom. The van der Waals surface area contributed by atoms with Crippen LogP contribution in [0, 0.1) is 0 Å². The molecule has 16 heavy (non-hydrogen) atoms. The van der Waals surface area contributed by atoms with Crippen molar-refractivity contribution in [1.29, 1.82) is 0 Å². The van der Waals surface area contributed by atoms with Gasteiger partial charge in [-0.25, -0.2) is 0 Å². The Morgan fingerprint density at radius 2 is 2.06 bits per heavy atom. The average molecular weight is 317 g/mol. The lowest BCUT2D eigenvalue weighted by molar-refractivity contribution is -0.274. The van der Waals surface area contributed by atoms with E-state index < -0.39 is 17.9 Å². The monoisotopic (exact) mass is 316 g/mol. The van der Waals surface area contributed by atoms with E-state index in [0.717, 1.165) is 6.07 Å². The van der Waals surface area contributed by atoms with E-state index in [9.17, 15) is 18.0 Å². The van der Waals surface area contributed by atoms with Gasteiger partial charge in [-0.1, -0.05) is 6.07 Å².